The first-order chi connectivity index (χ1) is 11.8. The number of hydrogen-bond donors (Lipinski definition) is 5. The Morgan fingerprint density at radius 3 is 2.72 bits per heavy atom. The summed E-state index contributed by atoms with van der Waals surface area (Å²) in [4.78, 5) is 26.8. The number of carboxylic acids is 1. The first-order valence-electron chi connectivity index (χ1n) is 7.47. The molecule has 1 atom stereocenters. The lowest BCUT2D eigenvalue weighted by molar-refractivity contribution is -0.141. The Kier molecular flexibility index (Phi) is 7.77. The van der Waals surface area contributed by atoms with Gasteiger partial charge in [-0.05, 0) is 36.6 Å². The highest BCUT2D eigenvalue weighted by atomic mass is 16.5. The number of aliphatic imine (C=N–C) groups is 1. The zero-order valence-corrected chi connectivity index (χ0v) is 13.8. The van der Waals surface area contributed by atoms with E-state index in [0.29, 0.717) is 12.0 Å². The van der Waals surface area contributed by atoms with Crippen molar-refractivity contribution in [3.63, 3.8) is 0 Å². The zero-order chi connectivity index (χ0) is 18.8. The van der Waals surface area contributed by atoms with Gasteiger partial charge in [0.2, 0.25) is 5.91 Å². The van der Waals surface area contributed by atoms with Gasteiger partial charge in [0.15, 0.2) is 17.5 Å². The van der Waals surface area contributed by atoms with Gasteiger partial charge in [-0.1, -0.05) is 6.07 Å². The molecule has 0 heterocycles. The van der Waals surface area contributed by atoms with Crippen LogP contribution in [0.3, 0.4) is 0 Å². The molecule has 1 rings (SSSR count). The molecule has 9 nitrogen and oxygen atoms in total. The molecule has 0 unspecified atom stereocenters. The van der Waals surface area contributed by atoms with Crippen LogP contribution in [0.15, 0.2) is 29.3 Å². The maximum Gasteiger partial charge on any atom is 0.326 e. The van der Waals surface area contributed by atoms with Gasteiger partial charge < -0.3 is 31.7 Å². The molecule has 136 valence electrons. The maximum atomic E-state index is 11.9. The Balaban J connectivity index is 2.62. The number of rotatable bonds is 9. The van der Waals surface area contributed by atoms with E-state index in [0.717, 1.165) is 0 Å². The topological polar surface area (TPSA) is 160 Å². The minimum atomic E-state index is -1.14. The van der Waals surface area contributed by atoms with Crippen molar-refractivity contribution < 1.29 is 24.5 Å². The van der Waals surface area contributed by atoms with Crippen molar-refractivity contribution in [2.24, 2.45) is 16.5 Å². The van der Waals surface area contributed by atoms with Crippen LogP contribution in [0.5, 0.6) is 11.5 Å². The fourth-order valence-corrected chi connectivity index (χ4v) is 1.95. The number of nitrogens with one attached hydrogen (secondary N) is 1. The van der Waals surface area contributed by atoms with E-state index in [2.05, 4.69) is 10.3 Å². The van der Waals surface area contributed by atoms with Crippen LogP contribution in [-0.2, 0) is 9.59 Å². The number of carboxylic acid groups (broad SMARTS) is 1. The van der Waals surface area contributed by atoms with Crippen molar-refractivity contribution in [2.75, 3.05) is 13.7 Å². The molecule has 0 saturated heterocycles. The molecule has 0 aliphatic heterocycles. The summed E-state index contributed by atoms with van der Waals surface area (Å²) in [5.41, 5.74) is 11.0. The minimum Gasteiger partial charge on any atom is -0.504 e. The zero-order valence-electron chi connectivity index (χ0n) is 13.8. The number of aromatic hydroxyl groups is 1. The van der Waals surface area contributed by atoms with Gasteiger partial charge in [0, 0.05) is 12.6 Å². The second kappa shape index (κ2) is 9.81. The van der Waals surface area contributed by atoms with Crippen molar-refractivity contribution in [1.82, 2.24) is 5.32 Å². The molecule has 1 aromatic rings. The number of aliphatic carboxylic acids is 1. The van der Waals surface area contributed by atoms with E-state index in [1.165, 1.54) is 25.3 Å². The highest BCUT2D eigenvalue weighted by molar-refractivity contribution is 5.94. The first-order valence-corrected chi connectivity index (χ1v) is 7.47. The van der Waals surface area contributed by atoms with E-state index in [4.69, 9.17) is 21.3 Å². The average molecular weight is 350 g/mol. The van der Waals surface area contributed by atoms with Crippen molar-refractivity contribution in [1.29, 1.82) is 0 Å². The minimum absolute atomic E-state index is 0.0178. The van der Waals surface area contributed by atoms with Gasteiger partial charge in [0.25, 0.3) is 0 Å². The predicted octanol–water partition coefficient (Wildman–Crippen LogP) is 0.0370. The highest BCUT2D eigenvalue weighted by Gasteiger charge is 2.18. The van der Waals surface area contributed by atoms with Gasteiger partial charge in [0.1, 0.15) is 6.04 Å². The number of guanidine groups is 1. The summed E-state index contributed by atoms with van der Waals surface area (Å²) >= 11 is 0. The van der Waals surface area contributed by atoms with Gasteiger partial charge in [-0.15, -0.1) is 0 Å². The van der Waals surface area contributed by atoms with E-state index in [1.807, 2.05) is 0 Å². The number of nitrogens with two attached hydrogens (primary N) is 2. The summed E-state index contributed by atoms with van der Waals surface area (Å²) in [5.74, 6) is -1.51. The number of methoxy groups -OCH3 is 1. The molecule has 0 spiro atoms. The smallest absolute Gasteiger partial charge is 0.326 e. The largest absolute Gasteiger partial charge is 0.504 e. The van der Waals surface area contributed by atoms with Crippen LogP contribution >= 0.6 is 0 Å². The number of amides is 1. The van der Waals surface area contributed by atoms with Crippen LogP contribution in [0, 0.1) is 0 Å². The van der Waals surface area contributed by atoms with Gasteiger partial charge >= 0.3 is 5.97 Å². The quantitative estimate of drug-likeness (QED) is 0.182. The number of nitrogens with zero attached hydrogens (tertiary/aromatic N) is 1. The summed E-state index contributed by atoms with van der Waals surface area (Å²) in [6.45, 7) is 0.283. The molecular weight excluding hydrogens is 328 g/mol. The van der Waals surface area contributed by atoms with Crippen LogP contribution in [0.1, 0.15) is 18.4 Å². The Labute approximate surface area is 145 Å². The van der Waals surface area contributed by atoms with E-state index in [-0.39, 0.29) is 30.4 Å². The van der Waals surface area contributed by atoms with Crippen molar-refractivity contribution in [2.45, 2.75) is 18.9 Å². The fourth-order valence-electron chi connectivity index (χ4n) is 1.95. The molecule has 0 aliphatic rings. The van der Waals surface area contributed by atoms with Crippen molar-refractivity contribution >= 4 is 23.9 Å². The molecule has 1 amide bonds. The second-order valence-corrected chi connectivity index (χ2v) is 5.11. The van der Waals surface area contributed by atoms with E-state index in [9.17, 15) is 14.7 Å². The lowest BCUT2D eigenvalue weighted by Crippen LogP contribution is -2.40. The van der Waals surface area contributed by atoms with Crippen LogP contribution in [0.25, 0.3) is 6.08 Å². The SMILES string of the molecule is COc1cc(/C=C/C(=O)N[C@@H](CCCN=C(N)N)C(=O)O)ccc1O. The number of benzene rings is 1. The number of hydrogen-bond acceptors (Lipinski definition) is 5. The van der Waals surface area contributed by atoms with E-state index < -0.39 is 17.9 Å². The summed E-state index contributed by atoms with van der Waals surface area (Å²) in [6.07, 6.45) is 3.29. The Morgan fingerprint density at radius 1 is 1.40 bits per heavy atom. The first kappa shape index (κ1) is 19.8. The Hall–Kier alpha value is -3.23. The molecule has 7 N–H and O–H groups in total. The Bertz CT molecular complexity index is 668. The molecule has 0 aliphatic carbocycles. The fraction of sp³-hybridized carbons (Fsp3) is 0.312. The van der Waals surface area contributed by atoms with Gasteiger partial charge in [-0.3, -0.25) is 9.79 Å². The number of phenolic OH excluding ortho intramolecular Hbond substituents is 1. The second-order valence-electron chi connectivity index (χ2n) is 5.11. The lowest BCUT2D eigenvalue weighted by atomic mass is 10.1. The monoisotopic (exact) mass is 350 g/mol. The summed E-state index contributed by atoms with van der Waals surface area (Å²) in [6, 6.07) is 3.52. The van der Waals surface area contributed by atoms with Crippen molar-refractivity contribution in [3.8, 4) is 11.5 Å². The molecule has 1 aromatic carbocycles. The van der Waals surface area contributed by atoms with Gasteiger partial charge in [-0.25, -0.2) is 4.79 Å². The molecule has 9 heteroatoms. The van der Waals surface area contributed by atoms with Crippen LogP contribution in [0.2, 0.25) is 0 Å². The standard InChI is InChI=1S/C16H22N4O5/c1-25-13-9-10(4-6-12(13)21)5-7-14(22)20-11(15(23)24)3-2-8-19-16(17)18/h4-7,9,11,21H,2-3,8H2,1H3,(H,20,22)(H,23,24)(H4,17,18,19)/b7-5+/t11-/m0/s1. The van der Waals surface area contributed by atoms with Gasteiger partial charge in [0.05, 0.1) is 7.11 Å². The third-order valence-electron chi connectivity index (χ3n) is 3.19. The number of carbonyl (C=O) groups excluding carboxylic acids is 1. The summed E-state index contributed by atoms with van der Waals surface area (Å²) in [5, 5.41) is 21.1. The molecule has 0 saturated carbocycles. The number of carbonyl (C=O) groups is 2. The van der Waals surface area contributed by atoms with Crippen LogP contribution in [-0.4, -0.2) is 47.7 Å². The summed E-state index contributed by atoms with van der Waals surface area (Å²) < 4.78 is 4.97. The Morgan fingerprint density at radius 2 is 2.12 bits per heavy atom. The summed E-state index contributed by atoms with van der Waals surface area (Å²) in [7, 11) is 1.41. The molecule has 0 bridgehead atoms. The third-order valence-corrected chi connectivity index (χ3v) is 3.19. The third kappa shape index (κ3) is 7.25. The molecule has 0 aromatic heterocycles. The van der Waals surface area contributed by atoms with E-state index in [1.54, 1.807) is 12.1 Å². The number of phenols is 1. The van der Waals surface area contributed by atoms with E-state index >= 15 is 0 Å². The molecule has 0 radical (unpaired) electrons. The molecule has 25 heavy (non-hydrogen) atoms. The van der Waals surface area contributed by atoms with Crippen LogP contribution < -0.4 is 21.5 Å². The van der Waals surface area contributed by atoms with Crippen LogP contribution in [0.4, 0.5) is 0 Å². The number of ether oxygens (including phenoxy) is 1. The normalized spacial score (nSPS) is 11.7. The lowest BCUT2D eigenvalue weighted by Gasteiger charge is -2.12. The van der Waals surface area contributed by atoms with Crippen molar-refractivity contribution in [3.05, 3.63) is 29.8 Å². The van der Waals surface area contributed by atoms with Gasteiger partial charge in [-0.2, -0.15) is 0 Å². The molecular formula is C16H22N4O5. The predicted molar refractivity (Wildman–Crippen MR) is 93.2 cm³/mol. The molecule has 0 fully saturated rings. The average Bonchev–Trinajstić information content (AvgIpc) is 2.56. The highest BCUT2D eigenvalue weighted by Crippen LogP contribution is 2.26. The maximum absolute atomic E-state index is 11.9.